The summed E-state index contributed by atoms with van der Waals surface area (Å²) in [5.41, 5.74) is 0. The Bertz CT molecular complexity index is 187. The van der Waals surface area contributed by atoms with E-state index in [0.717, 1.165) is 6.42 Å². The summed E-state index contributed by atoms with van der Waals surface area (Å²) in [6.45, 7) is 3.61. The van der Waals surface area contributed by atoms with Crippen molar-refractivity contribution in [3.63, 3.8) is 0 Å². The molecule has 4 nitrogen and oxygen atoms in total. The van der Waals surface area contributed by atoms with Crippen molar-refractivity contribution in [3.8, 4) is 6.07 Å². The van der Waals surface area contributed by atoms with E-state index in [-0.39, 0.29) is 6.10 Å². The van der Waals surface area contributed by atoms with Crippen molar-refractivity contribution in [1.29, 1.82) is 5.26 Å². The fourth-order valence-corrected chi connectivity index (χ4v) is 0.850. The number of hydrogen-bond donors (Lipinski definition) is 0. The van der Waals surface area contributed by atoms with E-state index < -0.39 is 0 Å². The smallest absolute Gasteiger partial charge is 0.0704 e. The molecule has 0 saturated carbocycles. The zero-order valence-electron chi connectivity index (χ0n) is 8.90. The highest BCUT2D eigenvalue weighted by molar-refractivity contribution is 5.57. The lowest BCUT2D eigenvalue weighted by Gasteiger charge is -2.10. The van der Waals surface area contributed by atoms with E-state index in [2.05, 4.69) is 4.99 Å². The molecule has 0 aliphatic carbocycles. The molecule has 0 rings (SSSR count). The number of hydrogen-bond acceptors (Lipinski definition) is 4. The van der Waals surface area contributed by atoms with Crippen LogP contribution in [0.2, 0.25) is 0 Å². The minimum absolute atomic E-state index is 0.179. The van der Waals surface area contributed by atoms with Gasteiger partial charge in [0.25, 0.3) is 0 Å². The van der Waals surface area contributed by atoms with Crippen LogP contribution >= 0.6 is 0 Å². The summed E-state index contributed by atoms with van der Waals surface area (Å²) in [5.74, 6) is 0. The van der Waals surface area contributed by atoms with Gasteiger partial charge in [0.2, 0.25) is 0 Å². The van der Waals surface area contributed by atoms with E-state index in [1.807, 2.05) is 19.2 Å². The monoisotopic (exact) mass is 198 g/mol. The number of nitriles is 1. The Morgan fingerprint density at radius 2 is 2.21 bits per heavy atom. The third-order valence-electron chi connectivity index (χ3n) is 1.61. The fraction of sp³-hybridized carbons (Fsp3) is 0.800. The maximum atomic E-state index is 8.23. The van der Waals surface area contributed by atoms with Gasteiger partial charge < -0.3 is 14.5 Å². The molecule has 14 heavy (non-hydrogen) atoms. The SMILES string of the molecule is C/N=C/CC(C)OCCOCCC#N. The maximum absolute atomic E-state index is 8.23. The van der Waals surface area contributed by atoms with E-state index in [0.29, 0.717) is 26.2 Å². The maximum Gasteiger partial charge on any atom is 0.0704 e. The van der Waals surface area contributed by atoms with Gasteiger partial charge in [-0.1, -0.05) is 0 Å². The summed E-state index contributed by atoms with van der Waals surface area (Å²) in [6.07, 6.45) is 3.28. The lowest BCUT2D eigenvalue weighted by atomic mass is 10.3. The van der Waals surface area contributed by atoms with Gasteiger partial charge in [-0.05, 0) is 6.92 Å². The predicted molar refractivity (Wildman–Crippen MR) is 55.5 cm³/mol. The zero-order chi connectivity index (χ0) is 10.6. The van der Waals surface area contributed by atoms with Crippen LogP contribution in [0.15, 0.2) is 4.99 Å². The van der Waals surface area contributed by atoms with Crippen LogP contribution in [0, 0.1) is 11.3 Å². The van der Waals surface area contributed by atoms with Gasteiger partial charge >= 0.3 is 0 Å². The van der Waals surface area contributed by atoms with Crippen molar-refractivity contribution >= 4 is 6.21 Å². The van der Waals surface area contributed by atoms with Crippen LogP contribution in [-0.2, 0) is 9.47 Å². The third-order valence-corrected chi connectivity index (χ3v) is 1.61. The van der Waals surface area contributed by atoms with Gasteiger partial charge in [-0.15, -0.1) is 0 Å². The van der Waals surface area contributed by atoms with E-state index in [4.69, 9.17) is 14.7 Å². The van der Waals surface area contributed by atoms with Gasteiger partial charge in [0.05, 0.1) is 38.4 Å². The molecule has 4 heteroatoms. The Balaban J connectivity index is 3.15. The average molecular weight is 198 g/mol. The van der Waals surface area contributed by atoms with Crippen LogP contribution in [0.4, 0.5) is 0 Å². The molecule has 0 aromatic carbocycles. The van der Waals surface area contributed by atoms with Crippen molar-refractivity contribution in [1.82, 2.24) is 0 Å². The summed E-state index contributed by atoms with van der Waals surface area (Å²) >= 11 is 0. The highest BCUT2D eigenvalue weighted by atomic mass is 16.5. The van der Waals surface area contributed by atoms with Crippen molar-refractivity contribution in [2.45, 2.75) is 25.9 Å². The predicted octanol–water partition coefficient (Wildman–Crippen LogP) is 1.41. The normalized spacial score (nSPS) is 12.9. The molecule has 0 aliphatic rings. The second-order valence-corrected chi connectivity index (χ2v) is 2.88. The van der Waals surface area contributed by atoms with Crippen LogP contribution in [0.25, 0.3) is 0 Å². The Labute approximate surface area is 85.5 Å². The number of rotatable bonds is 8. The van der Waals surface area contributed by atoms with Crippen molar-refractivity contribution in [3.05, 3.63) is 0 Å². The first-order chi connectivity index (χ1) is 6.81. The van der Waals surface area contributed by atoms with Crippen LogP contribution < -0.4 is 0 Å². The molecule has 0 aromatic heterocycles. The van der Waals surface area contributed by atoms with Crippen LogP contribution in [0.1, 0.15) is 19.8 Å². The average Bonchev–Trinajstić information content (AvgIpc) is 2.20. The molecule has 80 valence electrons. The van der Waals surface area contributed by atoms with Gasteiger partial charge in [-0.25, -0.2) is 0 Å². The molecule has 0 saturated heterocycles. The Morgan fingerprint density at radius 1 is 1.43 bits per heavy atom. The molecule has 0 radical (unpaired) electrons. The van der Waals surface area contributed by atoms with Crippen molar-refractivity contribution in [2.24, 2.45) is 4.99 Å². The highest BCUT2D eigenvalue weighted by Crippen LogP contribution is 1.94. The molecular formula is C10H18N2O2. The standard InChI is InChI=1S/C10H18N2O2/c1-10(4-6-12-2)14-9-8-13-7-3-5-11/h6,10H,3-4,7-9H2,1-2H3/b12-6+. The first-order valence-corrected chi connectivity index (χ1v) is 4.78. The lowest BCUT2D eigenvalue weighted by Crippen LogP contribution is -2.13. The van der Waals surface area contributed by atoms with E-state index in [1.54, 1.807) is 7.05 Å². The van der Waals surface area contributed by atoms with Gasteiger partial charge in [-0.3, -0.25) is 0 Å². The number of nitrogens with zero attached hydrogens (tertiary/aromatic N) is 2. The summed E-state index contributed by atoms with van der Waals surface area (Å²) in [6, 6.07) is 2.01. The molecular weight excluding hydrogens is 180 g/mol. The molecule has 0 bridgehead atoms. The number of ether oxygens (including phenoxy) is 2. The second kappa shape index (κ2) is 10.2. The lowest BCUT2D eigenvalue weighted by molar-refractivity contribution is 0.0169. The van der Waals surface area contributed by atoms with E-state index in [1.165, 1.54) is 0 Å². The van der Waals surface area contributed by atoms with Crippen molar-refractivity contribution in [2.75, 3.05) is 26.9 Å². The van der Waals surface area contributed by atoms with E-state index >= 15 is 0 Å². The Kier molecular flexibility index (Phi) is 9.49. The molecule has 0 spiro atoms. The second-order valence-electron chi connectivity index (χ2n) is 2.88. The van der Waals surface area contributed by atoms with Gasteiger partial charge in [0.15, 0.2) is 0 Å². The quantitative estimate of drug-likeness (QED) is 0.437. The molecule has 0 amide bonds. The number of aliphatic imine (C=N–C) groups is 1. The van der Waals surface area contributed by atoms with Crippen LogP contribution in [-0.4, -0.2) is 39.2 Å². The molecule has 0 fully saturated rings. The Morgan fingerprint density at radius 3 is 2.86 bits per heavy atom. The third kappa shape index (κ3) is 9.17. The van der Waals surface area contributed by atoms with Crippen molar-refractivity contribution < 1.29 is 9.47 Å². The molecule has 1 atom stereocenters. The summed E-state index contributed by atoms with van der Waals surface area (Å²) in [5, 5.41) is 8.23. The molecule has 0 N–H and O–H groups in total. The summed E-state index contributed by atoms with van der Waals surface area (Å²) < 4.78 is 10.6. The van der Waals surface area contributed by atoms with Gasteiger partial charge in [0, 0.05) is 19.7 Å². The summed E-state index contributed by atoms with van der Waals surface area (Å²) in [4.78, 5) is 3.87. The minimum atomic E-state index is 0.179. The van der Waals surface area contributed by atoms with Gasteiger partial charge in [-0.2, -0.15) is 5.26 Å². The molecule has 1 unspecified atom stereocenters. The highest BCUT2D eigenvalue weighted by Gasteiger charge is 1.98. The molecule has 0 heterocycles. The van der Waals surface area contributed by atoms with Crippen LogP contribution in [0.3, 0.4) is 0 Å². The first kappa shape index (κ1) is 13.1. The minimum Gasteiger partial charge on any atom is -0.378 e. The van der Waals surface area contributed by atoms with Gasteiger partial charge in [0.1, 0.15) is 0 Å². The Hall–Kier alpha value is -0.920. The van der Waals surface area contributed by atoms with E-state index in [9.17, 15) is 0 Å². The zero-order valence-corrected chi connectivity index (χ0v) is 8.90. The molecule has 0 aromatic rings. The first-order valence-electron chi connectivity index (χ1n) is 4.78. The summed E-state index contributed by atoms with van der Waals surface area (Å²) in [7, 11) is 1.75. The largest absolute Gasteiger partial charge is 0.378 e. The molecule has 0 aliphatic heterocycles. The fourth-order valence-electron chi connectivity index (χ4n) is 0.850. The van der Waals surface area contributed by atoms with Crippen LogP contribution in [0.5, 0.6) is 0 Å². The topological polar surface area (TPSA) is 54.6 Å².